The van der Waals surface area contributed by atoms with Crippen LogP contribution in [0.15, 0.2) is 245 Å². The molecule has 0 radical (unpaired) electrons. The number of furan rings is 2. The van der Waals surface area contributed by atoms with Crippen molar-refractivity contribution >= 4 is 75.4 Å². The summed E-state index contributed by atoms with van der Waals surface area (Å²) in [7, 11) is 0. The zero-order chi connectivity index (χ0) is 49.6. The van der Waals surface area contributed by atoms with Gasteiger partial charge in [-0.2, -0.15) is 0 Å². The van der Waals surface area contributed by atoms with Crippen LogP contribution >= 0.6 is 11.3 Å². The largest absolute Gasteiger partial charge is 0.456 e. The fourth-order valence-corrected chi connectivity index (χ4v) is 14.1. The van der Waals surface area contributed by atoms with Crippen molar-refractivity contribution in [1.29, 1.82) is 0 Å². The molecule has 11 aromatic carbocycles. The van der Waals surface area contributed by atoms with E-state index in [9.17, 15) is 0 Å². The number of para-hydroxylation sites is 2. The van der Waals surface area contributed by atoms with Crippen LogP contribution in [-0.4, -0.2) is 15.0 Å². The second-order valence-corrected chi connectivity index (χ2v) is 21.2. The van der Waals surface area contributed by atoms with Crippen LogP contribution in [0.1, 0.15) is 22.3 Å². The fourth-order valence-electron chi connectivity index (χ4n) is 13.0. The van der Waals surface area contributed by atoms with E-state index in [1.54, 1.807) is 11.3 Å². The normalized spacial score (nSPS) is 13.1. The molecule has 0 fully saturated rings. The van der Waals surface area contributed by atoms with E-state index < -0.39 is 0 Å². The lowest BCUT2D eigenvalue weighted by Crippen LogP contribution is -2.25. The molecule has 0 aliphatic heterocycles. The maximum Gasteiger partial charge on any atom is 0.167 e. The predicted molar refractivity (Wildman–Crippen MR) is 311 cm³/mol. The molecule has 1 spiro atoms. The van der Waals surface area contributed by atoms with Crippen molar-refractivity contribution < 1.29 is 8.83 Å². The van der Waals surface area contributed by atoms with Gasteiger partial charge in [0.05, 0.1) is 11.0 Å². The van der Waals surface area contributed by atoms with Crippen molar-refractivity contribution in [2.75, 3.05) is 0 Å². The van der Waals surface area contributed by atoms with Gasteiger partial charge in [-0.25, -0.2) is 15.0 Å². The number of thiophene rings is 1. The van der Waals surface area contributed by atoms with Crippen LogP contribution in [0, 0.1) is 0 Å². The fraction of sp³-hybridized carbons (Fsp3) is 0.0143. The standard InChI is InChI=1S/C70H39N3O2S/c1-6-26-55-44(17-1)45-18-2-7-27-56(45)70(55)57-28-8-3-19-46(57)53-38-42(33-35-58(53)70)40-15-11-16-41(37-40)43-34-36-60-54(39-43)64-50(23-13-30-61(64)74-60)67-71-68(51-24-14-32-63-65(51)49-21-5-10-31-62(49)76-63)73-69(72-67)52-25-12-22-48-47-20-4-9-29-59(47)75-66(48)52/h1-39H. The molecular weight excluding hydrogens is 947 g/mol. The number of aromatic nitrogens is 3. The Morgan fingerprint density at radius 2 is 0.776 bits per heavy atom. The molecule has 0 unspecified atom stereocenters. The van der Waals surface area contributed by atoms with Crippen molar-refractivity contribution in [2.24, 2.45) is 0 Å². The Hall–Kier alpha value is -9.75. The van der Waals surface area contributed by atoms with Gasteiger partial charge in [0.1, 0.15) is 22.3 Å². The molecule has 0 N–H and O–H groups in total. The Labute approximate surface area is 439 Å². The zero-order valence-electron chi connectivity index (χ0n) is 40.6. The molecule has 2 aliphatic rings. The number of rotatable bonds is 5. The Bertz CT molecular complexity index is 4930. The quantitative estimate of drug-likeness (QED) is 0.172. The van der Waals surface area contributed by atoms with E-state index in [2.05, 4.69) is 206 Å². The lowest BCUT2D eigenvalue weighted by Gasteiger charge is -2.30. The molecule has 6 heteroatoms. The van der Waals surface area contributed by atoms with Crippen LogP contribution in [0.3, 0.4) is 0 Å². The van der Waals surface area contributed by atoms with Gasteiger partial charge in [-0.15, -0.1) is 11.3 Å². The molecule has 4 heterocycles. The third kappa shape index (κ3) is 5.76. The highest BCUT2D eigenvalue weighted by Crippen LogP contribution is 2.63. The van der Waals surface area contributed by atoms with Crippen LogP contribution in [0.2, 0.25) is 0 Å². The van der Waals surface area contributed by atoms with Crippen molar-refractivity contribution in [2.45, 2.75) is 5.41 Å². The average molecular weight is 986 g/mol. The van der Waals surface area contributed by atoms with Crippen LogP contribution in [-0.2, 0) is 5.41 Å². The summed E-state index contributed by atoms with van der Waals surface area (Å²) in [6.45, 7) is 0. The molecule has 2 aliphatic carbocycles. The maximum atomic E-state index is 6.69. The SMILES string of the molecule is c1cc(-c2ccc3c(c2)-c2ccccc2C32c3ccccc3-c3ccccc32)cc(-c2ccc3oc4cccc(-c5nc(-c6cccc7c6oc6ccccc67)nc(-c6cccc7sc8ccccc8c67)n5)c4c3c2)c1. The number of fused-ring (bicyclic) bond motifs is 19. The second kappa shape index (κ2) is 15.6. The van der Waals surface area contributed by atoms with E-state index in [0.29, 0.717) is 17.5 Å². The number of benzene rings is 11. The number of hydrogen-bond donors (Lipinski definition) is 0. The monoisotopic (exact) mass is 985 g/mol. The molecule has 76 heavy (non-hydrogen) atoms. The maximum absolute atomic E-state index is 6.69. The molecule has 15 aromatic rings. The molecular formula is C70H39N3O2S. The summed E-state index contributed by atoms with van der Waals surface area (Å²) in [5.74, 6) is 1.68. The third-order valence-corrected chi connectivity index (χ3v) is 17.3. The van der Waals surface area contributed by atoms with E-state index in [1.165, 1.54) is 64.9 Å². The molecule has 352 valence electrons. The zero-order valence-corrected chi connectivity index (χ0v) is 41.4. The summed E-state index contributed by atoms with van der Waals surface area (Å²) in [4.78, 5) is 16.1. The highest BCUT2D eigenvalue weighted by molar-refractivity contribution is 7.25. The molecule has 0 saturated heterocycles. The predicted octanol–water partition coefficient (Wildman–Crippen LogP) is 18.7. The Balaban J connectivity index is 0.820. The highest BCUT2D eigenvalue weighted by atomic mass is 32.1. The molecule has 17 rings (SSSR count). The topological polar surface area (TPSA) is 65.0 Å². The van der Waals surface area contributed by atoms with Gasteiger partial charge in [0.2, 0.25) is 0 Å². The van der Waals surface area contributed by atoms with Gasteiger partial charge in [-0.1, -0.05) is 182 Å². The van der Waals surface area contributed by atoms with Crippen molar-refractivity contribution in [3.05, 3.63) is 259 Å². The van der Waals surface area contributed by atoms with Crippen LogP contribution in [0.4, 0.5) is 0 Å². The van der Waals surface area contributed by atoms with E-state index >= 15 is 0 Å². The lowest BCUT2D eigenvalue weighted by atomic mass is 9.70. The van der Waals surface area contributed by atoms with E-state index in [0.717, 1.165) is 82.6 Å². The Morgan fingerprint density at radius 1 is 0.289 bits per heavy atom. The Morgan fingerprint density at radius 3 is 1.54 bits per heavy atom. The second-order valence-electron chi connectivity index (χ2n) is 20.1. The summed E-state index contributed by atoms with van der Waals surface area (Å²) in [6.07, 6.45) is 0. The van der Waals surface area contributed by atoms with Crippen molar-refractivity contribution in [3.8, 4) is 78.7 Å². The van der Waals surface area contributed by atoms with Crippen molar-refractivity contribution in [3.63, 3.8) is 0 Å². The van der Waals surface area contributed by atoms with Gasteiger partial charge in [0.25, 0.3) is 0 Å². The molecule has 4 aromatic heterocycles. The minimum absolute atomic E-state index is 0.374. The van der Waals surface area contributed by atoms with Gasteiger partial charge >= 0.3 is 0 Å². The van der Waals surface area contributed by atoms with Crippen molar-refractivity contribution in [1.82, 2.24) is 15.0 Å². The molecule has 5 nitrogen and oxygen atoms in total. The van der Waals surface area contributed by atoms with Crippen LogP contribution in [0.5, 0.6) is 0 Å². The average Bonchev–Trinajstić information content (AvgIpc) is 4.44. The minimum Gasteiger partial charge on any atom is -0.456 e. The first-order chi connectivity index (χ1) is 37.7. The van der Waals surface area contributed by atoms with Gasteiger partial charge < -0.3 is 8.83 Å². The lowest BCUT2D eigenvalue weighted by molar-refractivity contribution is 0.668. The number of hydrogen-bond acceptors (Lipinski definition) is 6. The molecule has 0 saturated carbocycles. The summed E-state index contributed by atoms with van der Waals surface area (Å²) >= 11 is 1.78. The van der Waals surface area contributed by atoms with E-state index in [1.807, 2.05) is 30.3 Å². The first kappa shape index (κ1) is 41.7. The van der Waals surface area contributed by atoms with Gasteiger partial charge in [-0.05, 0) is 121 Å². The summed E-state index contributed by atoms with van der Waals surface area (Å²) in [5.41, 5.74) is 20.4. The van der Waals surface area contributed by atoms with Gasteiger partial charge in [0, 0.05) is 52.8 Å². The first-order valence-electron chi connectivity index (χ1n) is 25.7. The van der Waals surface area contributed by atoms with E-state index in [-0.39, 0.29) is 5.41 Å². The molecule has 0 bridgehead atoms. The Kier molecular flexibility index (Phi) is 8.58. The highest BCUT2D eigenvalue weighted by Gasteiger charge is 2.51. The summed E-state index contributed by atoms with van der Waals surface area (Å²) in [5, 5.41) is 6.30. The smallest absolute Gasteiger partial charge is 0.167 e. The van der Waals surface area contributed by atoms with Gasteiger partial charge in [0.15, 0.2) is 17.5 Å². The summed E-state index contributed by atoms with van der Waals surface area (Å²) in [6, 6.07) is 85.1. The van der Waals surface area contributed by atoms with Gasteiger partial charge in [-0.3, -0.25) is 0 Å². The van der Waals surface area contributed by atoms with Crippen LogP contribution in [0.25, 0.3) is 143 Å². The number of nitrogens with zero attached hydrogens (tertiary/aromatic N) is 3. The molecule has 0 amide bonds. The first-order valence-corrected chi connectivity index (χ1v) is 26.5. The summed E-state index contributed by atoms with van der Waals surface area (Å²) < 4.78 is 15.7. The van der Waals surface area contributed by atoms with E-state index in [4.69, 9.17) is 23.8 Å². The van der Waals surface area contributed by atoms with Crippen LogP contribution < -0.4 is 0 Å². The third-order valence-electron chi connectivity index (χ3n) is 16.2. The molecule has 0 atom stereocenters. The minimum atomic E-state index is -0.374.